The summed E-state index contributed by atoms with van der Waals surface area (Å²) in [5, 5.41) is 7.13. The molecule has 6 heteroatoms. The zero-order valence-corrected chi connectivity index (χ0v) is 15.2. The third-order valence-corrected chi connectivity index (χ3v) is 3.99. The molecule has 2 aromatic rings. The maximum atomic E-state index is 11.6. The van der Waals surface area contributed by atoms with E-state index in [0.29, 0.717) is 13.2 Å². The second kappa shape index (κ2) is 9.22. The summed E-state index contributed by atoms with van der Waals surface area (Å²) in [4.78, 5) is 23.0. The first-order valence-corrected chi connectivity index (χ1v) is 8.70. The van der Waals surface area contributed by atoms with Gasteiger partial charge in [0, 0.05) is 37.5 Å². The summed E-state index contributed by atoms with van der Waals surface area (Å²) in [6.07, 6.45) is 0.878. The van der Waals surface area contributed by atoms with E-state index >= 15 is 0 Å². The molecule has 1 aromatic heterocycles. The summed E-state index contributed by atoms with van der Waals surface area (Å²) < 4.78 is 7.39. The van der Waals surface area contributed by atoms with Gasteiger partial charge in [-0.1, -0.05) is 13.8 Å². The molecule has 6 nitrogen and oxygen atoms in total. The van der Waals surface area contributed by atoms with Crippen molar-refractivity contribution < 1.29 is 9.53 Å². The number of hydrogen-bond acceptors (Lipinski definition) is 4. The molecule has 0 bridgehead atoms. The Morgan fingerprint density at radius 1 is 1.16 bits per heavy atom. The highest BCUT2D eigenvalue weighted by molar-refractivity contribution is 5.80. The largest absolute Gasteiger partial charge is 0.494 e. The minimum absolute atomic E-state index is 0.0168. The van der Waals surface area contributed by atoms with Crippen LogP contribution in [0.4, 0.5) is 0 Å². The van der Waals surface area contributed by atoms with Crippen LogP contribution >= 0.6 is 0 Å². The molecule has 0 saturated heterocycles. The van der Waals surface area contributed by atoms with Gasteiger partial charge in [-0.2, -0.15) is 0 Å². The molecule has 1 heterocycles. The lowest BCUT2D eigenvalue weighted by Crippen LogP contribution is -2.34. The second-order valence-corrected chi connectivity index (χ2v) is 6.35. The van der Waals surface area contributed by atoms with Gasteiger partial charge in [0.15, 0.2) is 0 Å². The third-order valence-electron chi connectivity index (χ3n) is 3.99. The molecule has 25 heavy (non-hydrogen) atoms. The van der Waals surface area contributed by atoms with Crippen molar-refractivity contribution in [2.24, 2.45) is 13.0 Å². The van der Waals surface area contributed by atoms with Crippen LogP contribution in [0.5, 0.6) is 5.75 Å². The zero-order valence-electron chi connectivity index (χ0n) is 15.2. The van der Waals surface area contributed by atoms with Gasteiger partial charge in [-0.3, -0.25) is 9.59 Å². The van der Waals surface area contributed by atoms with Crippen molar-refractivity contribution >= 4 is 16.8 Å². The van der Waals surface area contributed by atoms with Crippen molar-refractivity contribution in [2.75, 3.05) is 26.2 Å². The lowest BCUT2D eigenvalue weighted by Gasteiger charge is -2.10. The zero-order chi connectivity index (χ0) is 18.2. The summed E-state index contributed by atoms with van der Waals surface area (Å²) in [7, 11) is 1.76. The van der Waals surface area contributed by atoms with Crippen LogP contribution in [0.25, 0.3) is 10.9 Å². The average molecular weight is 345 g/mol. The fraction of sp³-hybridized carbons (Fsp3) is 0.474. The fourth-order valence-corrected chi connectivity index (χ4v) is 2.44. The highest BCUT2D eigenvalue weighted by Gasteiger charge is 2.04. The molecule has 0 aliphatic carbocycles. The number of fused-ring (bicyclic) bond motifs is 1. The maximum Gasteiger partial charge on any atom is 0.250 e. The SMILES string of the molecule is CC(C)C(=O)NCCNCCCOc1ccc2c(ccc(=O)n2C)c1. The van der Waals surface area contributed by atoms with Crippen LogP contribution in [0, 0.1) is 5.92 Å². The van der Waals surface area contributed by atoms with Crippen molar-refractivity contribution in [3.05, 3.63) is 40.7 Å². The third kappa shape index (κ3) is 5.60. The van der Waals surface area contributed by atoms with Crippen LogP contribution in [0.2, 0.25) is 0 Å². The average Bonchev–Trinajstić information content (AvgIpc) is 2.60. The number of rotatable bonds is 9. The lowest BCUT2D eigenvalue weighted by atomic mass is 10.2. The van der Waals surface area contributed by atoms with Gasteiger partial charge in [0.2, 0.25) is 5.91 Å². The number of aromatic nitrogens is 1. The number of ether oxygens (including phenoxy) is 1. The van der Waals surface area contributed by atoms with Gasteiger partial charge < -0.3 is 19.9 Å². The Balaban J connectivity index is 1.67. The van der Waals surface area contributed by atoms with Gasteiger partial charge in [-0.05, 0) is 37.2 Å². The normalized spacial score (nSPS) is 11.0. The molecule has 0 aliphatic heterocycles. The summed E-state index contributed by atoms with van der Waals surface area (Å²) in [6, 6.07) is 9.12. The van der Waals surface area contributed by atoms with Gasteiger partial charge in [0.05, 0.1) is 12.1 Å². The smallest absolute Gasteiger partial charge is 0.250 e. The lowest BCUT2D eigenvalue weighted by molar-refractivity contribution is -0.123. The number of benzene rings is 1. The van der Waals surface area contributed by atoms with Crippen molar-refractivity contribution in [2.45, 2.75) is 20.3 Å². The summed E-state index contributed by atoms with van der Waals surface area (Å²) >= 11 is 0. The number of carbonyl (C=O) groups excluding carboxylic acids is 1. The Bertz CT molecular complexity index is 768. The van der Waals surface area contributed by atoms with Gasteiger partial charge in [-0.25, -0.2) is 0 Å². The van der Waals surface area contributed by atoms with E-state index < -0.39 is 0 Å². The van der Waals surface area contributed by atoms with Gasteiger partial charge in [0.1, 0.15) is 5.75 Å². The van der Waals surface area contributed by atoms with Crippen LogP contribution in [0.15, 0.2) is 35.1 Å². The maximum absolute atomic E-state index is 11.6. The molecule has 2 rings (SSSR count). The van der Waals surface area contributed by atoms with Crippen LogP contribution in [0.1, 0.15) is 20.3 Å². The molecule has 0 fully saturated rings. The Labute approximate surface area is 148 Å². The van der Waals surface area contributed by atoms with E-state index in [4.69, 9.17) is 4.74 Å². The van der Waals surface area contributed by atoms with Gasteiger partial charge in [-0.15, -0.1) is 0 Å². The monoisotopic (exact) mass is 345 g/mol. The van der Waals surface area contributed by atoms with E-state index in [1.807, 2.05) is 38.1 Å². The van der Waals surface area contributed by atoms with Crippen molar-refractivity contribution in [1.29, 1.82) is 0 Å². The van der Waals surface area contributed by atoms with Crippen molar-refractivity contribution in [1.82, 2.24) is 15.2 Å². The van der Waals surface area contributed by atoms with E-state index in [1.165, 1.54) is 0 Å². The number of carbonyl (C=O) groups is 1. The predicted octanol–water partition coefficient (Wildman–Crippen LogP) is 1.67. The quantitative estimate of drug-likeness (QED) is 0.678. The standard InChI is InChI=1S/C19H27N3O3/c1-14(2)19(24)21-11-10-20-9-4-12-25-16-6-7-17-15(13-16)5-8-18(23)22(17)3/h5-8,13-14,20H,4,9-12H2,1-3H3,(H,21,24). The van der Waals surface area contributed by atoms with Crippen LogP contribution in [0.3, 0.4) is 0 Å². The highest BCUT2D eigenvalue weighted by Crippen LogP contribution is 2.19. The molecule has 0 saturated carbocycles. The first-order chi connectivity index (χ1) is 12.0. The number of aryl methyl sites for hydroxylation is 1. The molecule has 2 N–H and O–H groups in total. The first-order valence-electron chi connectivity index (χ1n) is 8.70. The predicted molar refractivity (Wildman–Crippen MR) is 100 cm³/mol. The van der Waals surface area contributed by atoms with Crippen molar-refractivity contribution in [3.8, 4) is 5.75 Å². The van der Waals surface area contributed by atoms with Gasteiger partial charge in [0.25, 0.3) is 5.56 Å². The summed E-state index contributed by atoms with van der Waals surface area (Å²) in [6.45, 7) is 6.60. The minimum Gasteiger partial charge on any atom is -0.494 e. The number of hydrogen-bond donors (Lipinski definition) is 2. The molecule has 1 aromatic carbocycles. The summed E-state index contributed by atoms with van der Waals surface area (Å²) in [5.41, 5.74) is 0.877. The van der Waals surface area contributed by atoms with Crippen LogP contribution in [-0.4, -0.2) is 36.7 Å². The molecule has 1 amide bonds. The minimum atomic E-state index is -0.0168. The second-order valence-electron chi connectivity index (χ2n) is 6.35. The topological polar surface area (TPSA) is 72.4 Å². The summed E-state index contributed by atoms with van der Waals surface area (Å²) in [5.74, 6) is 0.909. The fourth-order valence-electron chi connectivity index (χ4n) is 2.44. The molecule has 0 unspecified atom stereocenters. The highest BCUT2D eigenvalue weighted by atomic mass is 16.5. The van der Waals surface area contributed by atoms with Crippen LogP contribution in [-0.2, 0) is 11.8 Å². The number of nitrogens with zero attached hydrogens (tertiary/aromatic N) is 1. The number of nitrogens with one attached hydrogen (secondary N) is 2. The van der Waals surface area contributed by atoms with Crippen molar-refractivity contribution in [3.63, 3.8) is 0 Å². The van der Waals surface area contributed by atoms with E-state index in [0.717, 1.165) is 36.2 Å². The molecular formula is C19H27N3O3. The molecule has 0 radical (unpaired) electrons. The van der Waals surface area contributed by atoms with Crippen LogP contribution < -0.4 is 20.9 Å². The molecule has 0 spiro atoms. The molecular weight excluding hydrogens is 318 g/mol. The number of amides is 1. The Kier molecular flexibility index (Phi) is 7.01. The van der Waals surface area contributed by atoms with E-state index in [-0.39, 0.29) is 17.4 Å². The Morgan fingerprint density at radius 3 is 2.72 bits per heavy atom. The Hall–Kier alpha value is -2.34. The van der Waals surface area contributed by atoms with E-state index in [2.05, 4.69) is 10.6 Å². The van der Waals surface area contributed by atoms with E-state index in [9.17, 15) is 9.59 Å². The molecule has 0 atom stereocenters. The van der Waals surface area contributed by atoms with E-state index in [1.54, 1.807) is 17.7 Å². The Morgan fingerprint density at radius 2 is 1.96 bits per heavy atom. The van der Waals surface area contributed by atoms with Gasteiger partial charge >= 0.3 is 0 Å². The number of pyridine rings is 1. The molecule has 136 valence electrons. The first kappa shape index (κ1) is 19.0. The molecule has 0 aliphatic rings.